The molecule has 0 saturated heterocycles. The number of carbonyl (C=O) groups is 1. The molecule has 8 nitrogen and oxygen atoms in total. The number of nitrogens with two attached hydrogens (primary N) is 1. The summed E-state index contributed by atoms with van der Waals surface area (Å²) in [5.41, 5.74) is 6.83. The summed E-state index contributed by atoms with van der Waals surface area (Å²) in [6.07, 6.45) is 0.0555. The van der Waals surface area contributed by atoms with E-state index in [-0.39, 0.29) is 37.8 Å². The van der Waals surface area contributed by atoms with Gasteiger partial charge in [-0.15, -0.1) is 0 Å². The maximum absolute atomic E-state index is 13.1. The number of ether oxygens (including phenoxy) is 1. The van der Waals surface area contributed by atoms with Crippen molar-refractivity contribution >= 4 is 28.4 Å². The minimum Gasteiger partial charge on any atom is -0.475 e. The Bertz CT molecular complexity index is 1330. The minimum absolute atomic E-state index is 0. The molecule has 1 amide bonds. The number of halogens is 3. The van der Waals surface area contributed by atoms with Crippen LogP contribution in [0.1, 0.15) is 23.3 Å². The Kier molecular flexibility index (Phi) is 5.40. The SMILES string of the molecule is C.Nc1ncnc2c1C(=O)N(c1cnc3c(ccn3-c3ccc(C(F)(F)F)cc3)c1)CCO2. The van der Waals surface area contributed by atoms with E-state index < -0.39 is 17.6 Å². The van der Waals surface area contributed by atoms with Crippen molar-refractivity contribution in [3.05, 3.63) is 66.2 Å². The molecule has 2 N–H and O–H groups in total. The molecule has 0 fully saturated rings. The number of fused-ring (bicyclic) bond motifs is 2. The van der Waals surface area contributed by atoms with Crippen molar-refractivity contribution in [2.45, 2.75) is 13.6 Å². The van der Waals surface area contributed by atoms with E-state index in [2.05, 4.69) is 15.0 Å². The van der Waals surface area contributed by atoms with Gasteiger partial charge < -0.3 is 19.9 Å². The van der Waals surface area contributed by atoms with Gasteiger partial charge in [-0.25, -0.2) is 15.0 Å². The largest absolute Gasteiger partial charge is 0.475 e. The van der Waals surface area contributed by atoms with Crippen molar-refractivity contribution in [1.82, 2.24) is 19.5 Å². The van der Waals surface area contributed by atoms with Crippen LogP contribution >= 0.6 is 0 Å². The van der Waals surface area contributed by atoms with Crippen molar-refractivity contribution in [1.29, 1.82) is 0 Å². The molecule has 3 aromatic heterocycles. The van der Waals surface area contributed by atoms with Crippen LogP contribution in [0.4, 0.5) is 24.7 Å². The van der Waals surface area contributed by atoms with E-state index in [0.717, 1.165) is 12.1 Å². The highest BCUT2D eigenvalue weighted by Gasteiger charge is 2.30. The predicted molar refractivity (Wildman–Crippen MR) is 116 cm³/mol. The van der Waals surface area contributed by atoms with Crippen LogP contribution in [0.3, 0.4) is 0 Å². The van der Waals surface area contributed by atoms with Crippen LogP contribution in [0.15, 0.2) is 55.1 Å². The highest BCUT2D eigenvalue weighted by molar-refractivity contribution is 6.11. The maximum atomic E-state index is 13.1. The lowest BCUT2D eigenvalue weighted by atomic mass is 10.2. The molecule has 1 aliphatic heterocycles. The van der Waals surface area contributed by atoms with Gasteiger partial charge in [0.05, 0.1) is 24.0 Å². The normalized spacial score (nSPS) is 13.8. The topological polar surface area (TPSA) is 99.2 Å². The third-order valence-electron chi connectivity index (χ3n) is 5.15. The zero-order valence-electron chi connectivity index (χ0n) is 16.4. The minimum atomic E-state index is -4.40. The number of alkyl halides is 3. The van der Waals surface area contributed by atoms with Crippen LogP contribution in [0, 0.1) is 0 Å². The summed E-state index contributed by atoms with van der Waals surface area (Å²) < 4.78 is 45.7. The van der Waals surface area contributed by atoms with Crippen molar-refractivity contribution < 1.29 is 22.7 Å². The highest BCUT2D eigenvalue weighted by atomic mass is 19.4. The van der Waals surface area contributed by atoms with Gasteiger partial charge in [0.15, 0.2) is 0 Å². The first kappa shape index (κ1) is 22.1. The third-order valence-corrected chi connectivity index (χ3v) is 5.15. The molecule has 0 radical (unpaired) electrons. The number of aromatic nitrogens is 4. The van der Waals surface area contributed by atoms with Gasteiger partial charge in [-0.3, -0.25) is 4.79 Å². The molecule has 0 atom stereocenters. The molecule has 0 aliphatic carbocycles. The molecule has 0 spiro atoms. The molecule has 0 unspecified atom stereocenters. The van der Waals surface area contributed by atoms with Crippen LogP contribution in [0.5, 0.6) is 5.88 Å². The molecule has 170 valence electrons. The van der Waals surface area contributed by atoms with Gasteiger partial charge in [0.25, 0.3) is 5.91 Å². The van der Waals surface area contributed by atoms with Gasteiger partial charge in [-0.05, 0) is 36.4 Å². The van der Waals surface area contributed by atoms with Gasteiger partial charge in [0.1, 0.15) is 30.0 Å². The molecule has 1 aliphatic rings. The Balaban J connectivity index is 0.00000259. The van der Waals surface area contributed by atoms with Crippen LogP contribution in [-0.2, 0) is 6.18 Å². The molecular weight excluding hydrogens is 437 g/mol. The summed E-state index contributed by atoms with van der Waals surface area (Å²) in [5, 5.41) is 0.706. The summed E-state index contributed by atoms with van der Waals surface area (Å²) in [6, 6.07) is 8.35. The summed E-state index contributed by atoms with van der Waals surface area (Å²) in [4.78, 5) is 26.9. The van der Waals surface area contributed by atoms with E-state index in [1.54, 1.807) is 22.9 Å². The van der Waals surface area contributed by atoms with Gasteiger partial charge in [0.2, 0.25) is 5.88 Å². The van der Waals surface area contributed by atoms with Crippen LogP contribution in [0.25, 0.3) is 16.7 Å². The molecular formula is C22H19F3N6O2. The molecule has 0 bridgehead atoms. The average molecular weight is 456 g/mol. The smallest absolute Gasteiger partial charge is 0.416 e. The quantitative estimate of drug-likeness (QED) is 0.488. The Hall–Kier alpha value is -4.15. The summed E-state index contributed by atoms with van der Waals surface area (Å²) >= 11 is 0. The number of hydrogen-bond donors (Lipinski definition) is 1. The fourth-order valence-electron chi connectivity index (χ4n) is 3.59. The summed E-state index contributed by atoms with van der Waals surface area (Å²) in [7, 11) is 0. The average Bonchev–Trinajstić information content (AvgIpc) is 3.11. The van der Waals surface area contributed by atoms with Crippen molar-refractivity contribution in [3.8, 4) is 11.6 Å². The Morgan fingerprint density at radius 2 is 1.79 bits per heavy atom. The first-order valence-electron chi connectivity index (χ1n) is 9.53. The molecule has 0 saturated carbocycles. The fraction of sp³-hybridized carbons (Fsp3) is 0.182. The maximum Gasteiger partial charge on any atom is 0.416 e. The Morgan fingerprint density at radius 1 is 1.03 bits per heavy atom. The first-order chi connectivity index (χ1) is 15.3. The van der Waals surface area contributed by atoms with Gasteiger partial charge in [0, 0.05) is 17.3 Å². The van der Waals surface area contributed by atoms with Crippen molar-refractivity contribution in [3.63, 3.8) is 0 Å². The monoisotopic (exact) mass is 456 g/mol. The zero-order valence-corrected chi connectivity index (χ0v) is 16.4. The van der Waals surface area contributed by atoms with Crippen LogP contribution in [0.2, 0.25) is 0 Å². The van der Waals surface area contributed by atoms with Crippen molar-refractivity contribution in [2.24, 2.45) is 0 Å². The number of nitrogen functional groups attached to an aromatic ring is 1. The molecule has 4 aromatic rings. The number of benzene rings is 1. The van der Waals surface area contributed by atoms with Crippen molar-refractivity contribution in [2.75, 3.05) is 23.8 Å². The lowest BCUT2D eigenvalue weighted by Crippen LogP contribution is -2.32. The number of nitrogens with zero attached hydrogens (tertiary/aromatic N) is 5. The number of anilines is 2. The molecule has 4 heterocycles. The lowest BCUT2D eigenvalue weighted by molar-refractivity contribution is -0.137. The van der Waals surface area contributed by atoms with E-state index in [1.165, 1.54) is 29.6 Å². The van der Waals surface area contributed by atoms with Gasteiger partial charge in [-0.2, -0.15) is 13.2 Å². The van der Waals surface area contributed by atoms with E-state index in [4.69, 9.17) is 10.5 Å². The second-order valence-electron chi connectivity index (χ2n) is 7.08. The number of amides is 1. The molecule has 5 rings (SSSR count). The van der Waals surface area contributed by atoms with E-state index >= 15 is 0 Å². The van der Waals surface area contributed by atoms with E-state index in [9.17, 15) is 18.0 Å². The number of pyridine rings is 1. The number of carbonyl (C=O) groups excluding carboxylic acids is 1. The second-order valence-corrected chi connectivity index (χ2v) is 7.08. The fourth-order valence-corrected chi connectivity index (χ4v) is 3.59. The zero-order chi connectivity index (χ0) is 22.5. The second kappa shape index (κ2) is 8.08. The third kappa shape index (κ3) is 3.81. The predicted octanol–water partition coefficient (Wildman–Crippen LogP) is 4.09. The molecule has 11 heteroatoms. The Labute approximate surface area is 186 Å². The summed E-state index contributed by atoms with van der Waals surface area (Å²) in [6.45, 7) is 0.460. The van der Waals surface area contributed by atoms with E-state index in [1.807, 2.05) is 0 Å². The number of rotatable bonds is 2. The Morgan fingerprint density at radius 3 is 2.52 bits per heavy atom. The number of hydrogen-bond acceptors (Lipinski definition) is 6. The van der Waals surface area contributed by atoms with E-state index in [0.29, 0.717) is 22.4 Å². The molecule has 1 aromatic carbocycles. The first-order valence-corrected chi connectivity index (χ1v) is 9.53. The lowest BCUT2D eigenvalue weighted by Gasteiger charge is -2.20. The summed E-state index contributed by atoms with van der Waals surface area (Å²) in [5.74, 6) is -0.249. The van der Waals surface area contributed by atoms with Crippen LogP contribution < -0.4 is 15.4 Å². The van der Waals surface area contributed by atoms with Gasteiger partial charge in [-0.1, -0.05) is 7.43 Å². The standard InChI is InChI=1S/C21H15F3N6O2.CH4/c22-21(23,24)13-1-3-14(4-2-13)29-6-5-12-9-15(10-26-18(12)29)30-7-8-32-19-16(20(30)31)17(25)27-11-28-19;/h1-6,9-11H,7-8H2,(H2,25,27,28);1H4. The highest BCUT2D eigenvalue weighted by Crippen LogP contribution is 2.31. The van der Waals surface area contributed by atoms with Crippen LogP contribution in [-0.4, -0.2) is 38.6 Å². The van der Waals surface area contributed by atoms with Gasteiger partial charge >= 0.3 is 6.18 Å². The molecule has 33 heavy (non-hydrogen) atoms.